The minimum Gasteiger partial charge on any atom is -0.493 e. The van der Waals surface area contributed by atoms with Gasteiger partial charge in [0.25, 0.3) is 5.91 Å². The zero-order chi connectivity index (χ0) is 19.4. The normalized spacial score (nSPS) is 10.5. The van der Waals surface area contributed by atoms with Crippen LogP contribution in [0.25, 0.3) is 10.6 Å². The maximum atomic E-state index is 12.9. The SMILES string of the molecule is COc1ccc(-c2nc(C)c(C(=O)N(C)Cc3ccccc3)s2)cc1OC. The number of hydrogen-bond donors (Lipinski definition) is 0. The molecule has 140 valence electrons. The Morgan fingerprint density at radius 2 is 1.78 bits per heavy atom. The molecule has 3 aromatic rings. The van der Waals surface area contributed by atoms with Crippen LogP contribution in [-0.2, 0) is 6.54 Å². The van der Waals surface area contributed by atoms with E-state index in [9.17, 15) is 4.79 Å². The molecule has 1 aromatic heterocycles. The Labute approximate surface area is 163 Å². The molecule has 0 atom stereocenters. The number of ether oxygens (including phenoxy) is 2. The second kappa shape index (κ2) is 8.22. The molecule has 0 saturated heterocycles. The van der Waals surface area contributed by atoms with Crippen LogP contribution in [-0.4, -0.2) is 37.1 Å². The van der Waals surface area contributed by atoms with E-state index < -0.39 is 0 Å². The molecule has 0 radical (unpaired) electrons. The molecule has 0 bridgehead atoms. The molecule has 0 spiro atoms. The standard InChI is InChI=1S/C21H22N2O3S/c1-14-19(21(24)23(2)13-15-8-6-5-7-9-15)27-20(22-14)16-10-11-17(25-3)18(12-16)26-4/h5-12H,13H2,1-4H3. The number of methoxy groups -OCH3 is 2. The van der Waals surface area contributed by atoms with Crippen molar-refractivity contribution in [1.82, 2.24) is 9.88 Å². The minimum atomic E-state index is -0.0272. The quantitative estimate of drug-likeness (QED) is 0.634. The average molecular weight is 382 g/mol. The van der Waals surface area contributed by atoms with Crippen LogP contribution in [0.15, 0.2) is 48.5 Å². The molecule has 3 rings (SSSR count). The highest BCUT2D eigenvalue weighted by atomic mass is 32.1. The van der Waals surface area contributed by atoms with Crippen molar-refractivity contribution in [1.29, 1.82) is 0 Å². The molecule has 0 unspecified atom stereocenters. The third kappa shape index (κ3) is 4.11. The highest BCUT2D eigenvalue weighted by molar-refractivity contribution is 7.17. The van der Waals surface area contributed by atoms with Gasteiger partial charge in [-0.1, -0.05) is 30.3 Å². The van der Waals surface area contributed by atoms with Gasteiger partial charge in [0.1, 0.15) is 9.88 Å². The molecular formula is C21H22N2O3S. The lowest BCUT2D eigenvalue weighted by Crippen LogP contribution is -2.26. The lowest BCUT2D eigenvalue weighted by atomic mass is 10.2. The molecule has 5 nitrogen and oxygen atoms in total. The highest BCUT2D eigenvalue weighted by Crippen LogP contribution is 2.35. The number of carbonyl (C=O) groups is 1. The van der Waals surface area contributed by atoms with Crippen molar-refractivity contribution in [3.05, 3.63) is 64.7 Å². The van der Waals surface area contributed by atoms with Gasteiger partial charge in [-0.25, -0.2) is 4.98 Å². The number of carbonyl (C=O) groups excluding carboxylic acids is 1. The van der Waals surface area contributed by atoms with Crippen molar-refractivity contribution in [2.24, 2.45) is 0 Å². The molecule has 27 heavy (non-hydrogen) atoms. The molecular weight excluding hydrogens is 360 g/mol. The van der Waals surface area contributed by atoms with Gasteiger partial charge < -0.3 is 14.4 Å². The highest BCUT2D eigenvalue weighted by Gasteiger charge is 2.20. The fraction of sp³-hybridized carbons (Fsp3) is 0.238. The van der Waals surface area contributed by atoms with Gasteiger partial charge in [0.05, 0.1) is 19.9 Å². The van der Waals surface area contributed by atoms with Crippen molar-refractivity contribution >= 4 is 17.2 Å². The number of aryl methyl sites for hydroxylation is 1. The Kier molecular flexibility index (Phi) is 5.76. The number of amides is 1. The molecule has 1 amide bonds. The van der Waals surface area contributed by atoms with E-state index in [0.717, 1.165) is 21.8 Å². The van der Waals surface area contributed by atoms with E-state index in [1.54, 1.807) is 19.1 Å². The number of nitrogens with zero attached hydrogens (tertiary/aromatic N) is 2. The average Bonchev–Trinajstić information content (AvgIpc) is 3.09. The fourth-order valence-corrected chi connectivity index (χ4v) is 3.85. The minimum absolute atomic E-state index is 0.0272. The van der Waals surface area contributed by atoms with E-state index in [-0.39, 0.29) is 5.91 Å². The zero-order valence-corrected chi connectivity index (χ0v) is 16.7. The summed E-state index contributed by atoms with van der Waals surface area (Å²) in [5.41, 5.74) is 2.72. The summed E-state index contributed by atoms with van der Waals surface area (Å²) in [4.78, 5) is 19.9. The summed E-state index contributed by atoms with van der Waals surface area (Å²) in [5.74, 6) is 1.27. The molecule has 0 aliphatic carbocycles. The third-order valence-electron chi connectivity index (χ3n) is 4.23. The first-order valence-electron chi connectivity index (χ1n) is 8.52. The smallest absolute Gasteiger partial charge is 0.265 e. The van der Waals surface area contributed by atoms with Crippen molar-refractivity contribution < 1.29 is 14.3 Å². The zero-order valence-electron chi connectivity index (χ0n) is 15.9. The van der Waals surface area contributed by atoms with Gasteiger partial charge in [0.15, 0.2) is 11.5 Å². The topological polar surface area (TPSA) is 51.7 Å². The Bertz CT molecular complexity index is 938. The number of hydrogen-bond acceptors (Lipinski definition) is 5. The van der Waals surface area contributed by atoms with Gasteiger partial charge in [0, 0.05) is 19.2 Å². The van der Waals surface area contributed by atoms with E-state index >= 15 is 0 Å². The van der Waals surface area contributed by atoms with Gasteiger partial charge in [-0.3, -0.25) is 4.79 Å². The number of benzene rings is 2. The van der Waals surface area contributed by atoms with E-state index in [1.165, 1.54) is 11.3 Å². The number of thiazole rings is 1. The fourth-order valence-electron chi connectivity index (χ4n) is 2.79. The maximum absolute atomic E-state index is 12.9. The number of aromatic nitrogens is 1. The molecule has 0 aliphatic rings. The lowest BCUT2D eigenvalue weighted by molar-refractivity contribution is 0.0789. The second-order valence-corrected chi connectivity index (χ2v) is 7.15. The van der Waals surface area contributed by atoms with Crippen molar-refractivity contribution in [3.8, 4) is 22.1 Å². The van der Waals surface area contributed by atoms with Crippen LogP contribution < -0.4 is 9.47 Å². The van der Waals surface area contributed by atoms with Gasteiger partial charge in [-0.05, 0) is 30.7 Å². The van der Waals surface area contributed by atoms with E-state index in [0.29, 0.717) is 22.9 Å². The van der Waals surface area contributed by atoms with Gasteiger partial charge >= 0.3 is 0 Å². The second-order valence-electron chi connectivity index (χ2n) is 6.15. The molecule has 0 aliphatic heterocycles. The van der Waals surface area contributed by atoms with Crippen LogP contribution in [0.3, 0.4) is 0 Å². The van der Waals surface area contributed by atoms with Crippen LogP contribution in [0.4, 0.5) is 0 Å². The summed E-state index contributed by atoms with van der Waals surface area (Å²) in [6, 6.07) is 15.6. The largest absolute Gasteiger partial charge is 0.493 e. The summed E-state index contributed by atoms with van der Waals surface area (Å²) >= 11 is 1.39. The summed E-state index contributed by atoms with van der Waals surface area (Å²) in [6.07, 6.45) is 0. The van der Waals surface area contributed by atoms with Crippen LogP contribution in [0.5, 0.6) is 11.5 Å². The Morgan fingerprint density at radius 1 is 1.07 bits per heavy atom. The van der Waals surface area contributed by atoms with Crippen LogP contribution in [0.1, 0.15) is 20.9 Å². The first-order chi connectivity index (χ1) is 13.0. The van der Waals surface area contributed by atoms with Crippen molar-refractivity contribution in [3.63, 3.8) is 0 Å². The van der Waals surface area contributed by atoms with Crippen LogP contribution in [0.2, 0.25) is 0 Å². The molecule has 0 fully saturated rings. The number of rotatable bonds is 6. The molecule has 2 aromatic carbocycles. The van der Waals surface area contributed by atoms with E-state index in [1.807, 2.05) is 62.5 Å². The molecule has 0 N–H and O–H groups in total. The maximum Gasteiger partial charge on any atom is 0.265 e. The van der Waals surface area contributed by atoms with E-state index in [2.05, 4.69) is 4.98 Å². The van der Waals surface area contributed by atoms with E-state index in [4.69, 9.17) is 9.47 Å². The summed E-state index contributed by atoms with van der Waals surface area (Å²) in [7, 11) is 5.01. The van der Waals surface area contributed by atoms with Gasteiger partial charge in [-0.2, -0.15) is 0 Å². The van der Waals surface area contributed by atoms with Gasteiger partial charge in [0.2, 0.25) is 0 Å². The summed E-state index contributed by atoms with van der Waals surface area (Å²) in [5, 5.41) is 0.782. The summed E-state index contributed by atoms with van der Waals surface area (Å²) in [6.45, 7) is 2.42. The predicted octanol–water partition coefficient (Wildman–Crippen LogP) is 4.41. The molecule has 6 heteroatoms. The van der Waals surface area contributed by atoms with Gasteiger partial charge in [-0.15, -0.1) is 11.3 Å². The third-order valence-corrected chi connectivity index (χ3v) is 5.43. The first-order valence-corrected chi connectivity index (χ1v) is 9.34. The summed E-state index contributed by atoms with van der Waals surface area (Å²) < 4.78 is 10.6. The predicted molar refractivity (Wildman–Crippen MR) is 108 cm³/mol. The molecule has 0 saturated carbocycles. The monoisotopic (exact) mass is 382 g/mol. The Morgan fingerprint density at radius 3 is 2.44 bits per heavy atom. The Hall–Kier alpha value is -2.86. The van der Waals surface area contributed by atoms with Crippen molar-refractivity contribution in [2.75, 3.05) is 21.3 Å². The van der Waals surface area contributed by atoms with Crippen molar-refractivity contribution in [2.45, 2.75) is 13.5 Å². The Balaban J connectivity index is 1.84. The van der Waals surface area contributed by atoms with Crippen LogP contribution >= 0.6 is 11.3 Å². The first kappa shape index (κ1) is 18.9. The molecule has 1 heterocycles. The lowest BCUT2D eigenvalue weighted by Gasteiger charge is -2.16. The van der Waals surface area contributed by atoms with Crippen LogP contribution in [0, 0.1) is 6.92 Å².